The lowest BCUT2D eigenvalue weighted by Gasteiger charge is -2.07. The number of nitrogens with zero attached hydrogens (tertiary/aromatic N) is 5. The molecule has 0 aliphatic heterocycles. The van der Waals surface area contributed by atoms with Crippen molar-refractivity contribution >= 4 is 11.6 Å². The molecule has 1 aromatic carbocycles. The van der Waals surface area contributed by atoms with Crippen LogP contribution in [0.1, 0.15) is 16.3 Å². The minimum Gasteiger partial charge on any atom is -0.343 e. The van der Waals surface area contributed by atoms with E-state index in [2.05, 4.69) is 20.6 Å². The molecule has 0 atom stereocenters. The van der Waals surface area contributed by atoms with Crippen LogP contribution >= 0.6 is 0 Å². The molecule has 4 aromatic rings. The standard InChI is InChI=1S/C18H14N6O2/c25-17-10-9-14(22-24(17)13-6-2-1-3-7-13)18(26)19-12-16-21-20-15-8-4-5-11-23(15)16/h1-11H,12H2,(H,19,26). The summed E-state index contributed by atoms with van der Waals surface area (Å²) in [5.74, 6) is 0.202. The number of benzene rings is 1. The van der Waals surface area contributed by atoms with Crippen molar-refractivity contribution in [1.82, 2.24) is 29.7 Å². The lowest BCUT2D eigenvalue weighted by Crippen LogP contribution is -2.29. The van der Waals surface area contributed by atoms with E-state index in [0.717, 1.165) is 0 Å². The largest absolute Gasteiger partial charge is 0.343 e. The molecular formula is C18H14N6O2. The van der Waals surface area contributed by atoms with Crippen LogP contribution in [0, 0.1) is 0 Å². The van der Waals surface area contributed by atoms with Gasteiger partial charge in [0.15, 0.2) is 11.5 Å². The molecule has 0 aliphatic carbocycles. The number of hydrogen-bond donors (Lipinski definition) is 1. The van der Waals surface area contributed by atoms with E-state index >= 15 is 0 Å². The highest BCUT2D eigenvalue weighted by molar-refractivity contribution is 5.91. The molecule has 0 saturated carbocycles. The maximum atomic E-state index is 12.4. The van der Waals surface area contributed by atoms with Crippen LogP contribution in [-0.2, 0) is 6.54 Å². The second-order valence-electron chi connectivity index (χ2n) is 5.53. The first kappa shape index (κ1) is 15.7. The van der Waals surface area contributed by atoms with Crippen LogP contribution in [0.3, 0.4) is 0 Å². The highest BCUT2D eigenvalue weighted by atomic mass is 16.2. The van der Waals surface area contributed by atoms with Gasteiger partial charge < -0.3 is 5.32 Å². The van der Waals surface area contributed by atoms with Gasteiger partial charge in [0.05, 0.1) is 12.2 Å². The van der Waals surface area contributed by atoms with Crippen LogP contribution in [0.2, 0.25) is 0 Å². The van der Waals surface area contributed by atoms with Crippen LogP contribution in [0.5, 0.6) is 0 Å². The number of hydrogen-bond acceptors (Lipinski definition) is 5. The number of carbonyl (C=O) groups excluding carboxylic acids is 1. The molecule has 8 heteroatoms. The van der Waals surface area contributed by atoms with Crippen molar-refractivity contribution in [3.05, 3.63) is 88.7 Å². The fourth-order valence-electron chi connectivity index (χ4n) is 2.55. The lowest BCUT2D eigenvalue weighted by molar-refractivity contribution is 0.0943. The Kier molecular flexibility index (Phi) is 3.98. The molecule has 1 amide bonds. The first-order chi connectivity index (χ1) is 12.7. The highest BCUT2D eigenvalue weighted by Crippen LogP contribution is 2.04. The van der Waals surface area contributed by atoms with Gasteiger partial charge in [0.2, 0.25) is 0 Å². The SMILES string of the molecule is O=C(NCc1nnc2ccccn12)c1ccc(=O)n(-c2ccccc2)n1. The van der Waals surface area contributed by atoms with Crippen LogP contribution in [0.25, 0.3) is 11.3 Å². The number of pyridine rings is 1. The van der Waals surface area contributed by atoms with Crippen molar-refractivity contribution < 1.29 is 4.79 Å². The second kappa shape index (κ2) is 6.60. The number of rotatable bonds is 4. The number of nitrogens with one attached hydrogen (secondary N) is 1. The van der Waals surface area contributed by atoms with E-state index in [4.69, 9.17) is 0 Å². The van der Waals surface area contributed by atoms with E-state index in [9.17, 15) is 9.59 Å². The molecule has 3 aromatic heterocycles. The molecule has 0 radical (unpaired) electrons. The van der Waals surface area contributed by atoms with E-state index in [1.54, 1.807) is 28.7 Å². The van der Waals surface area contributed by atoms with Gasteiger partial charge in [-0.1, -0.05) is 24.3 Å². The van der Waals surface area contributed by atoms with E-state index in [0.29, 0.717) is 17.2 Å². The third kappa shape index (κ3) is 2.95. The van der Waals surface area contributed by atoms with Gasteiger partial charge in [-0.15, -0.1) is 10.2 Å². The molecule has 3 heterocycles. The summed E-state index contributed by atoms with van der Waals surface area (Å²) in [6.07, 6.45) is 1.82. The van der Waals surface area contributed by atoms with Crippen molar-refractivity contribution in [2.75, 3.05) is 0 Å². The summed E-state index contributed by atoms with van der Waals surface area (Å²) in [5, 5.41) is 15.0. The van der Waals surface area contributed by atoms with Gasteiger partial charge in [-0.05, 0) is 30.3 Å². The summed E-state index contributed by atoms with van der Waals surface area (Å²) in [6, 6.07) is 17.2. The Bertz CT molecular complexity index is 1130. The lowest BCUT2D eigenvalue weighted by atomic mass is 10.3. The molecule has 8 nitrogen and oxygen atoms in total. The normalized spacial score (nSPS) is 10.8. The Balaban J connectivity index is 1.56. The summed E-state index contributed by atoms with van der Waals surface area (Å²) < 4.78 is 2.99. The number of carbonyl (C=O) groups is 1. The van der Waals surface area contributed by atoms with E-state index < -0.39 is 5.91 Å². The average Bonchev–Trinajstić information content (AvgIpc) is 3.10. The van der Waals surface area contributed by atoms with Crippen molar-refractivity contribution in [2.24, 2.45) is 0 Å². The molecule has 1 N–H and O–H groups in total. The Morgan fingerprint density at radius 1 is 0.962 bits per heavy atom. The minimum absolute atomic E-state index is 0.141. The quantitative estimate of drug-likeness (QED) is 0.599. The first-order valence-corrected chi connectivity index (χ1v) is 7.95. The predicted octanol–water partition coefficient (Wildman–Crippen LogP) is 1.21. The van der Waals surface area contributed by atoms with Crippen LogP contribution in [0.4, 0.5) is 0 Å². The number of amides is 1. The highest BCUT2D eigenvalue weighted by Gasteiger charge is 2.12. The van der Waals surface area contributed by atoms with Crippen LogP contribution in [-0.4, -0.2) is 30.3 Å². The van der Waals surface area contributed by atoms with Gasteiger partial charge in [-0.25, -0.2) is 0 Å². The van der Waals surface area contributed by atoms with E-state index in [1.165, 1.54) is 16.8 Å². The summed E-state index contributed by atoms with van der Waals surface area (Å²) in [4.78, 5) is 24.5. The zero-order valence-corrected chi connectivity index (χ0v) is 13.6. The zero-order chi connectivity index (χ0) is 17.9. The van der Waals surface area contributed by atoms with Crippen molar-refractivity contribution in [2.45, 2.75) is 6.54 Å². The molecule has 0 saturated heterocycles. The van der Waals surface area contributed by atoms with Gasteiger partial charge in [-0.2, -0.15) is 9.78 Å². The maximum absolute atomic E-state index is 12.4. The van der Waals surface area contributed by atoms with Gasteiger partial charge in [-0.3, -0.25) is 14.0 Å². The van der Waals surface area contributed by atoms with E-state index in [1.807, 2.05) is 30.5 Å². The molecule has 0 spiro atoms. The van der Waals surface area contributed by atoms with Gasteiger partial charge in [0.1, 0.15) is 5.69 Å². The molecule has 0 bridgehead atoms. The first-order valence-electron chi connectivity index (χ1n) is 7.95. The fourth-order valence-corrected chi connectivity index (χ4v) is 2.55. The average molecular weight is 346 g/mol. The molecule has 0 unspecified atom stereocenters. The smallest absolute Gasteiger partial charge is 0.272 e. The predicted molar refractivity (Wildman–Crippen MR) is 94.0 cm³/mol. The third-order valence-electron chi connectivity index (χ3n) is 3.83. The molecule has 0 aliphatic rings. The minimum atomic E-state index is -0.401. The summed E-state index contributed by atoms with van der Waals surface area (Å²) in [7, 11) is 0. The fraction of sp³-hybridized carbons (Fsp3) is 0.0556. The third-order valence-corrected chi connectivity index (χ3v) is 3.83. The van der Waals surface area contributed by atoms with Crippen molar-refractivity contribution in [3.63, 3.8) is 0 Å². The van der Waals surface area contributed by atoms with Crippen LogP contribution in [0.15, 0.2) is 71.7 Å². The van der Waals surface area contributed by atoms with Crippen molar-refractivity contribution in [1.29, 1.82) is 0 Å². The second-order valence-corrected chi connectivity index (χ2v) is 5.53. The van der Waals surface area contributed by atoms with E-state index in [-0.39, 0.29) is 17.8 Å². The van der Waals surface area contributed by atoms with Gasteiger partial charge >= 0.3 is 0 Å². The summed E-state index contributed by atoms with van der Waals surface area (Å²) in [6.45, 7) is 0.191. The number of fused-ring (bicyclic) bond motifs is 1. The summed E-state index contributed by atoms with van der Waals surface area (Å²) in [5.41, 5.74) is 1.13. The maximum Gasteiger partial charge on any atom is 0.272 e. The Hall–Kier alpha value is -3.81. The zero-order valence-electron chi connectivity index (χ0n) is 13.6. The number of para-hydroxylation sites is 1. The Morgan fingerprint density at radius 3 is 2.62 bits per heavy atom. The molecule has 4 rings (SSSR count). The molecule has 26 heavy (non-hydrogen) atoms. The summed E-state index contributed by atoms with van der Waals surface area (Å²) >= 11 is 0. The van der Waals surface area contributed by atoms with Gasteiger partial charge in [0.25, 0.3) is 11.5 Å². The number of aromatic nitrogens is 5. The molecular weight excluding hydrogens is 332 g/mol. The molecule has 128 valence electrons. The Morgan fingerprint density at radius 2 is 1.77 bits per heavy atom. The monoisotopic (exact) mass is 346 g/mol. The van der Waals surface area contributed by atoms with Crippen LogP contribution < -0.4 is 10.9 Å². The van der Waals surface area contributed by atoms with Crippen molar-refractivity contribution in [3.8, 4) is 5.69 Å². The molecule has 0 fully saturated rings. The Labute approximate surface area is 147 Å². The topological polar surface area (TPSA) is 94.2 Å². The van der Waals surface area contributed by atoms with Gasteiger partial charge in [0, 0.05) is 12.3 Å².